The molecule has 13 heavy (non-hydrogen) atoms. The second-order valence-corrected chi connectivity index (χ2v) is 5.00. The van der Waals surface area contributed by atoms with Crippen LogP contribution in [0.5, 0.6) is 0 Å². The second kappa shape index (κ2) is 4.64. The summed E-state index contributed by atoms with van der Waals surface area (Å²) in [5.41, 5.74) is 0. The van der Waals surface area contributed by atoms with Gasteiger partial charge >= 0.3 is 0 Å². The Morgan fingerprint density at radius 2 is 2.38 bits per heavy atom. The molecule has 0 radical (unpaired) electrons. The molecule has 3 nitrogen and oxygen atoms in total. The first kappa shape index (κ1) is 9.77. The molecule has 0 aliphatic carbocycles. The highest BCUT2D eigenvalue weighted by molar-refractivity contribution is 8.00. The van der Waals surface area contributed by atoms with Crippen molar-refractivity contribution in [1.29, 1.82) is 0 Å². The summed E-state index contributed by atoms with van der Waals surface area (Å²) >= 11 is 1.85. The Morgan fingerprint density at radius 1 is 1.46 bits per heavy atom. The number of β-amino-alcohol motifs (C(OH)–C–C–N with tert-alkyl or cyclic N) is 1. The van der Waals surface area contributed by atoms with E-state index < -0.39 is 0 Å². The minimum Gasteiger partial charge on any atom is -0.391 e. The molecule has 0 bridgehead atoms. The molecule has 0 aromatic heterocycles. The summed E-state index contributed by atoms with van der Waals surface area (Å²) in [6.07, 6.45) is 2.68. The first-order valence-corrected chi connectivity index (χ1v) is 6.03. The van der Waals surface area contributed by atoms with Gasteiger partial charge < -0.3 is 15.2 Å². The van der Waals surface area contributed by atoms with Gasteiger partial charge in [-0.3, -0.25) is 0 Å². The van der Waals surface area contributed by atoms with Crippen LogP contribution >= 0.6 is 11.8 Å². The molecule has 0 saturated carbocycles. The van der Waals surface area contributed by atoms with Gasteiger partial charge in [0.25, 0.3) is 0 Å². The van der Waals surface area contributed by atoms with Crippen LogP contribution in [0.2, 0.25) is 0 Å². The monoisotopic (exact) mass is 203 g/mol. The predicted molar refractivity (Wildman–Crippen MR) is 54.1 cm³/mol. The molecule has 2 aliphatic heterocycles. The van der Waals surface area contributed by atoms with Gasteiger partial charge in [-0.05, 0) is 12.8 Å². The third-order valence-electron chi connectivity index (χ3n) is 2.65. The van der Waals surface area contributed by atoms with Gasteiger partial charge in [0.2, 0.25) is 0 Å². The molecule has 2 aliphatic rings. The molecule has 0 aromatic rings. The highest BCUT2D eigenvalue weighted by Gasteiger charge is 2.26. The number of aliphatic hydroxyl groups is 1. The molecule has 2 fully saturated rings. The van der Waals surface area contributed by atoms with Crippen LogP contribution in [0.25, 0.3) is 0 Å². The van der Waals surface area contributed by atoms with Gasteiger partial charge in [-0.2, -0.15) is 11.8 Å². The van der Waals surface area contributed by atoms with Crippen molar-refractivity contribution in [1.82, 2.24) is 5.32 Å². The Bertz CT molecular complexity index is 162. The third-order valence-corrected chi connectivity index (χ3v) is 4.12. The van der Waals surface area contributed by atoms with Gasteiger partial charge in [0, 0.05) is 30.7 Å². The Hall–Kier alpha value is 0.230. The van der Waals surface area contributed by atoms with Crippen molar-refractivity contribution < 1.29 is 9.84 Å². The average molecular weight is 203 g/mol. The smallest absolute Gasteiger partial charge is 0.0795 e. The lowest BCUT2D eigenvalue weighted by molar-refractivity contribution is 0.128. The van der Waals surface area contributed by atoms with E-state index >= 15 is 0 Å². The molecule has 76 valence electrons. The van der Waals surface area contributed by atoms with E-state index in [9.17, 15) is 5.11 Å². The minimum atomic E-state index is -0.161. The molecule has 2 N–H and O–H groups in total. The van der Waals surface area contributed by atoms with E-state index in [-0.39, 0.29) is 6.10 Å². The van der Waals surface area contributed by atoms with E-state index in [0.717, 1.165) is 25.4 Å². The molecular weight excluding hydrogens is 186 g/mol. The van der Waals surface area contributed by atoms with Crippen molar-refractivity contribution in [3.05, 3.63) is 0 Å². The van der Waals surface area contributed by atoms with E-state index in [4.69, 9.17) is 4.74 Å². The normalized spacial score (nSPS) is 39.9. The van der Waals surface area contributed by atoms with Crippen molar-refractivity contribution in [2.24, 2.45) is 0 Å². The van der Waals surface area contributed by atoms with Crippen molar-refractivity contribution in [3.8, 4) is 0 Å². The maximum Gasteiger partial charge on any atom is 0.0795 e. The molecule has 0 amide bonds. The number of thioether (sulfide) groups is 1. The van der Waals surface area contributed by atoms with Gasteiger partial charge in [0.15, 0.2) is 0 Å². The number of aliphatic hydroxyl groups excluding tert-OH is 1. The number of hydrogen-bond acceptors (Lipinski definition) is 4. The highest BCUT2D eigenvalue weighted by atomic mass is 32.2. The first-order valence-electron chi connectivity index (χ1n) is 4.98. The van der Waals surface area contributed by atoms with E-state index in [2.05, 4.69) is 5.32 Å². The summed E-state index contributed by atoms with van der Waals surface area (Å²) in [4.78, 5) is 0. The molecule has 1 unspecified atom stereocenters. The van der Waals surface area contributed by atoms with Crippen LogP contribution in [0.3, 0.4) is 0 Å². The zero-order valence-electron chi connectivity index (χ0n) is 7.74. The van der Waals surface area contributed by atoms with Crippen molar-refractivity contribution >= 4 is 11.8 Å². The Balaban J connectivity index is 1.66. The molecule has 0 spiro atoms. The summed E-state index contributed by atoms with van der Waals surface area (Å²) in [5.74, 6) is 1.05. The number of nitrogens with one attached hydrogen (secondary N) is 1. The van der Waals surface area contributed by atoms with Crippen LogP contribution in [0, 0.1) is 0 Å². The average Bonchev–Trinajstić information content (AvgIpc) is 2.72. The van der Waals surface area contributed by atoms with E-state index in [1.54, 1.807) is 0 Å². The topological polar surface area (TPSA) is 41.5 Å². The Morgan fingerprint density at radius 3 is 3.00 bits per heavy atom. The highest BCUT2D eigenvalue weighted by Crippen LogP contribution is 2.23. The predicted octanol–water partition coefficient (Wildman–Crippen LogP) is 0.231. The zero-order valence-corrected chi connectivity index (χ0v) is 8.55. The van der Waals surface area contributed by atoms with E-state index in [1.165, 1.54) is 12.8 Å². The van der Waals surface area contributed by atoms with Gasteiger partial charge in [0.1, 0.15) is 0 Å². The molecule has 2 saturated heterocycles. The van der Waals surface area contributed by atoms with Crippen LogP contribution in [0.1, 0.15) is 12.8 Å². The minimum absolute atomic E-state index is 0.161. The lowest BCUT2D eigenvalue weighted by Crippen LogP contribution is -2.22. The number of ether oxygens (including phenoxy) is 1. The van der Waals surface area contributed by atoms with Crippen LogP contribution in [0.15, 0.2) is 0 Å². The number of rotatable bonds is 3. The second-order valence-electron chi connectivity index (χ2n) is 3.73. The maximum absolute atomic E-state index is 9.54. The Kier molecular flexibility index (Phi) is 3.49. The quantitative estimate of drug-likeness (QED) is 0.689. The largest absolute Gasteiger partial charge is 0.391 e. The number of hydrogen-bond donors (Lipinski definition) is 2. The Labute approximate surface area is 83.2 Å². The van der Waals surface area contributed by atoms with Gasteiger partial charge in [-0.15, -0.1) is 0 Å². The molecular formula is C9H17NO2S. The van der Waals surface area contributed by atoms with Gasteiger partial charge in [-0.1, -0.05) is 0 Å². The summed E-state index contributed by atoms with van der Waals surface area (Å²) < 4.78 is 5.53. The summed E-state index contributed by atoms with van der Waals surface area (Å²) in [5, 5.41) is 13.1. The summed E-state index contributed by atoms with van der Waals surface area (Å²) in [7, 11) is 0. The van der Waals surface area contributed by atoms with E-state index in [1.807, 2.05) is 11.8 Å². The van der Waals surface area contributed by atoms with Crippen LogP contribution in [-0.2, 0) is 4.74 Å². The molecule has 3 atom stereocenters. The third kappa shape index (κ3) is 2.59. The van der Waals surface area contributed by atoms with Crippen LogP contribution < -0.4 is 5.32 Å². The lowest BCUT2D eigenvalue weighted by atomic mass is 10.3. The molecule has 4 heteroatoms. The van der Waals surface area contributed by atoms with Crippen LogP contribution in [0.4, 0.5) is 0 Å². The SMILES string of the molecule is O[C@@H]1CNC[C@H]1SCC1CCCO1. The van der Waals surface area contributed by atoms with E-state index in [0.29, 0.717) is 11.4 Å². The lowest BCUT2D eigenvalue weighted by Gasteiger charge is -2.15. The fourth-order valence-corrected chi connectivity index (χ4v) is 3.10. The summed E-state index contributed by atoms with van der Waals surface area (Å²) in [6, 6.07) is 0. The van der Waals surface area contributed by atoms with Gasteiger partial charge in [-0.25, -0.2) is 0 Å². The molecule has 2 rings (SSSR count). The van der Waals surface area contributed by atoms with Gasteiger partial charge in [0.05, 0.1) is 12.2 Å². The molecule has 0 aromatic carbocycles. The van der Waals surface area contributed by atoms with Crippen LogP contribution in [-0.4, -0.2) is 48.0 Å². The first-order chi connectivity index (χ1) is 6.36. The molecule has 2 heterocycles. The maximum atomic E-state index is 9.54. The standard InChI is InChI=1S/C9H17NO2S/c11-8-4-10-5-9(8)13-6-7-2-1-3-12-7/h7-11H,1-6H2/t7?,8-,9-/m1/s1. The summed E-state index contributed by atoms with van der Waals surface area (Å²) in [6.45, 7) is 2.62. The fourth-order valence-electron chi connectivity index (χ4n) is 1.82. The van der Waals surface area contributed by atoms with Crippen molar-refractivity contribution in [2.75, 3.05) is 25.4 Å². The fraction of sp³-hybridized carbons (Fsp3) is 1.00. The zero-order chi connectivity index (χ0) is 9.10. The van der Waals surface area contributed by atoms with Crippen molar-refractivity contribution in [3.63, 3.8) is 0 Å². The van der Waals surface area contributed by atoms with Crippen molar-refractivity contribution in [2.45, 2.75) is 30.3 Å².